The summed E-state index contributed by atoms with van der Waals surface area (Å²) in [6.07, 6.45) is 0. The van der Waals surface area contributed by atoms with Crippen molar-refractivity contribution in [3.63, 3.8) is 0 Å². The number of carbonyl (C=O) groups excluding carboxylic acids is 2. The summed E-state index contributed by atoms with van der Waals surface area (Å²) in [4.78, 5) is 24.0. The van der Waals surface area contributed by atoms with Crippen LogP contribution in [0.25, 0.3) is 0 Å². The molecule has 0 aromatic heterocycles. The predicted octanol–water partition coefficient (Wildman–Crippen LogP) is 1.70. The van der Waals surface area contributed by atoms with Crippen molar-refractivity contribution in [2.75, 3.05) is 26.8 Å². The van der Waals surface area contributed by atoms with Gasteiger partial charge in [-0.2, -0.15) is 0 Å². The van der Waals surface area contributed by atoms with Crippen molar-refractivity contribution in [3.8, 4) is 0 Å². The number of amides is 2. The summed E-state index contributed by atoms with van der Waals surface area (Å²) in [5, 5.41) is 5.56. The minimum absolute atomic E-state index is 0.0185. The molecule has 0 atom stereocenters. The van der Waals surface area contributed by atoms with Crippen LogP contribution >= 0.6 is 0 Å². The highest BCUT2D eigenvalue weighted by Gasteiger charge is 2.21. The van der Waals surface area contributed by atoms with Gasteiger partial charge in [-0.25, -0.2) is 0 Å². The molecule has 0 unspecified atom stereocenters. The molecule has 2 amide bonds. The number of methoxy groups -OCH3 is 1. The molecular weight excluding hydrogens is 304 g/mol. The summed E-state index contributed by atoms with van der Waals surface area (Å²) in [5.74, 6) is -0.662. The summed E-state index contributed by atoms with van der Waals surface area (Å²) in [6.45, 7) is 0.749. The van der Waals surface area contributed by atoms with Gasteiger partial charge in [-0.05, 0) is 11.1 Å². The van der Waals surface area contributed by atoms with Crippen LogP contribution < -0.4 is 10.6 Å². The molecule has 0 bridgehead atoms. The summed E-state index contributed by atoms with van der Waals surface area (Å²) in [6, 6.07) is 19.3. The van der Waals surface area contributed by atoms with E-state index in [2.05, 4.69) is 10.6 Å². The number of hydrogen-bond acceptors (Lipinski definition) is 3. The molecule has 0 fully saturated rings. The first-order chi connectivity index (χ1) is 11.7. The summed E-state index contributed by atoms with van der Waals surface area (Å²) >= 11 is 0. The molecule has 0 saturated carbocycles. The van der Waals surface area contributed by atoms with E-state index in [-0.39, 0.29) is 24.3 Å². The number of carbonyl (C=O) groups is 2. The first kappa shape index (κ1) is 17.7. The maximum atomic E-state index is 12.7. The highest BCUT2D eigenvalue weighted by atomic mass is 16.5. The van der Waals surface area contributed by atoms with Crippen molar-refractivity contribution < 1.29 is 14.3 Å². The molecule has 126 valence electrons. The average molecular weight is 326 g/mol. The Balaban J connectivity index is 2.00. The van der Waals surface area contributed by atoms with Crippen molar-refractivity contribution >= 4 is 11.8 Å². The zero-order chi connectivity index (χ0) is 17.2. The van der Waals surface area contributed by atoms with Gasteiger partial charge >= 0.3 is 0 Å². The fourth-order valence-corrected chi connectivity index (χ4v) is 2.46. The molecule has 2 aromatic carbocycles. The van der Waals surface area contributed by atoms with Gasteiger partial charge in [-0.1, -0.05) is 60.7 Å². The number of nitrogens with one attached hydrogen (secondary N) is 2. The molecule has 5 heteroatoms. The lowest BCUT2D eigenvalue weighted by Gasteiger charge is -2.18. The number of benzene rings is 2. The minimum Gasteiger partial charge on any atom is -0.375 e. The van der Waals surface area contributed by atoms with Gasteiger partial charge in [-0.3, -0.25) is 9.59 Å². The third-order valence-electron chi connectivity index (χ3n) is 3.55. The molecule has 0 spiro atoms. The largest absolute Gasteiger partial charge is 0.375 e. The fraction of sp³-hybridized carbons (Fsp3) is 0.263. The maximum absolute atomic E-state index is 12.7. The van der Waals surface area contributed by atoms with Crippen LogP contribution in [0.1, 0.15) is 17.0 Å². The molecule has 0 aliphatic carbocycles. The Hall–Kier alpha value is -2.66. The summed E-state index contributed by atoms with van der Waals surface area (Å²) < 4.78 is 4.74. The third-order valence-corrected chi connectivity index (χ3v) is 3.55. The third kappa shape index (κ3) is 5.21. The van der Waals surface area contributed by atoms with Gasteiger partial charge in [0.2, 0.25) is 11.8 Å². The second-order valence-electron chi connectivity index (χ2n) is 5.33. The van der Waals surface area contributed by atoms with Crippen molar-refractivity contribution in [3.05, 3.63) is 71.8 Å². The Morgan fingerprint density at radius 3 is 1.88 bits per heavy atom. The van der Waals surface area contributed by atoms with Crippen LogP contribution in [-0.4, -0.2) is 38.6 Å². The van der Waals surface area contributed by atoms with Crippen LogP contribution in [0, 0.1) is 0 Å². The lowest BCUT2D eigenvalue weighted by atomic mass is 9.90. The second kappa shape index (κ2) is 9.47. The molecule has 2 aromatic rings. The van der Waals surface area contributed by atoms with Crippen LogP contribution in [0.5, 0.6) is 0 Å². The highest BCUT2D eigenvalue weighted by Crippen LogP contribution is 2.24. The number of rotatable bonds is 8. The Morgan fingerprint density at radius 2 is 1.38 bits per heavy atom. The molecule has 24 heavy (non-hydrogen) atoms. The summed E-state index contributed by atoms with van der Waals surface area (Å²) in [5.41, 5.74) is 1.87. The van der Waals surface area contributed by atoms with Gasteiger partial charge in [0.25, 0.3) is 0 Å². The Bertz CT molecular complexity index is 605. The Kier molecular flexibility index (Phi) is 6.98. The molecule has 0 aliphatic rings. The van der Waals surface area contributed by atoms with Crippen LogP contribution in [0.3, 0.4) is 0 Å². The number of ether oxygens (including phenoxy) is 1. The van der Waals surface area contributed by atoms with Gasteiger partial charge in [0.05, 0.1) is 5.92 Å². The Morgan fingerprint density at radius 1 is 0.875 bits per heavy atom. The molecule has 0 radical (unpaired) electrons. The minimum atomic E-state index is -0.373. The molecule has 5 nitrogen and oxygen atoms in total. The maximum Gasteiger partial charge on any atom is 0.246 e. The predicted molar refractivity (Wildman–Crippen MR) is 92.6 cm³/mol. The summed E-state index contributed by atoms with van der Waals surface area (Å²) in [7, 11) is 1.46. The zero-order valence-electron chi connectivity index (χ0n) is 13.7. The quantitative estimate of drug-likeness (QED) is 0.726. The van der Waals surface area contributed by atoms with Crippen molar-refractivity contribution in [2.24, 2.45) is 0 Å². The smallest absolute Gasteiger partial charge is 0.246 e. The second-order valence-corrected chi connectivity index (χ2v) is 5.33. The van der Waals surface area contributed by atoms with Crippen molar-refractivity contribution in [1.29, 1.82) is 0 Å². The van der Waals surface area contributed by atoms with E-state index in [0.717, 1.165) is 11.1 Å². The van der Waals surface area contributed by atoms with Crippen molar-refractivity contribution in [1.82, 2.24) is 10.6 Å². The van der Waals surface area contributed by atoms with Crippen LogP contribution in [0.4, 0.5) is 0 Å². The number of hydrogen-bond donors (Lipinski definition) is 2. The van der Waals surface area contributed by atoms with E-state index in [1.54, 1.807) is 0 Å². The molecule has 0 saturated heterocycles. The van der Waals surface area contributed by atoms with Gasteiger partial charge in [0, 0.05) is 20.2 Å². The van der Waals surface area contributed by atoms with Crippen molar-refractivity contribution in [2.45, 2.75) is 5.92 Å². The van der Waals surface area contributed by atoms with E-state index in [0.29, 0.717) is 13.1 Å². The molecule has 0 heterocycles. The van der Waals surface area contributed by atoms with E-state index in [4.69, 9.17) is 4.74 Å². The van der Waals surface area contributed by atoms with E-state index >= 15 is 0 Å². The SMILES string of the molecule is COCC(=O)NCCNC(=O)C(c1ccccc1)c1ccccc1. The molecular formula is C19H22N2O3. The van der Waals surface area contributed by atoms with E-state index in [1.807, 2.05) is 60.7 Å². The highest BCUT2D eigenvalue weighted by molar-refractivity contribution is 5.87. The zero-order valence-corrected chi connectivity index (χ0v) is 13.7. The molecule has 2 rings (SSSR count). The lowest BCUT2D eigenvalue weighted by molar-refractivity contribution is -0.125. The molecule has 2 N–H and O–H groups in total. The standard InChI is InChI=1S/C19H22N2O3/c1-24-14-17(22)20-12-13-21-19(23)18(15-8-4-2-5-9-15)16-10-6-3-7-11-16/h2-11,18H,12-14H2,1H3,(H,20,22)(H,21,23). The van der Waals surface area contributed by atoms with Crippen LogP contribution in [0.2, 0.25) is 0 Å². The Labute approximate surface area is 142 Å². The van der Waals surface area contributed by atoms with Gasteiger partial charge in [0.15, 0.2) is 0 Å². The van der Waals surface area contributed by atoms with E-state index in [1.165, 1.54) is 7.11 Å². The van der Waals surface area contributed by atoms with Gasteiger partial charge in [-0.15, -0.1) is 0 Å². The van der Waals surface area contributed by atoms with Crippen LogP contribution in [0.15, 0.2) is 60.7 Å². The van der Waals surface area contributed by atoms with E-state index in [9.17, 15) is 9.59 Å². The first-order valence-electron chi connectivity index (χ1n) is 7.85. The lowest BCUT2D eigenvalue weighted by Crippen LogP contribution is -2.38. The van der Waals surface area contributed by atoms with E-state index < -0.39 is 0 Å². The fourth-order valence-electron chi connectivity index (χ4n) is 2.46. The average Bonchev–Trinajstić information content (AvgIpc) is 2.61. The first-order valence-corrected chi connectivity index (χ1v) is 7.85. The normalized spacial score (nSPS) is 10.4. The van der Waals surface area contributed by atoms with Crippen LogP contribution in [-0.2, 0) is 14.3 Å². The van der Waals surface area contributed by atoms with Gasteiger partial charge in [0.1, 0.15) is 6.61 Å². The monoisotopic (exact) mass is 326 g/mol. The topological polar surface area (TPSA) is 67.4 Å². The molecule has 0 aliphatic heterocycles. The van der Waals surface area contributed by atoms with Gasteiger partial charge < -0.3 is 15.4 Å².